The maximum atomic E-state index is 12.4. The Labute approximate surface area is 172 Å². The van der Waals surface area contributed by atoms with Crippen molar-refractivity contribution >= 4 is 33.8 Å². The molecule has 2 amide bonds. The van der Waals surface area contributed by atoms with E-state index in [0.29, 0.717) is 18.2 Å². The molecule has 1 unspecified atom stereocenters. The Hall–Kier alpha value is -2.60. The Bertz CT molecular complexity index is 920. The Kier molecular flexibility index (Phi) is 5.48. The molecule has 2 aliphatic rings. The van der Waals surface area contributed by atoms with E-state index in [1.165, 1.54) is 6.08 Å². The van der Waals surface area contributed by atoms with Crippen molar-refractivity contribution in [2.45, 2.75) is 31.3 Å². The highest BCUT2D eigenvalue weighted by Gasteiger charge is 2.24. The van der Waals surface area contributed by atoms with Gasteiger partial charge < -0.3 is 15.4 Å². The van der Waals surface area contributed by atoms with E-state index in [1.54, 1.807) is 18.2 Å². The molecule has 1 atom stereocenters. The molecule has 0 bridgehead atoms. The van der Waals surface area contributed by atoms with Crippen molar-refractivity contribution < 1.29 is 14.3 Å². The predicted octanol–water partition coefficient (Wildman–Crippen LogP) is 3.99. The maximum absolute atomic E-state index is 12.4. The number of hydrogen-bond donors (Lipinski definition) is 2. The van der Waals surface area contributed by atoms with Gasteiger partial charge in [-0.1, -0.05) is 28.1 Å². The summed E-state index contributed by atoms with van der Waals surface area (Å²) in [6, 6.07) is 13.3. The van der Waals surface area contributed by atoms with Crippen molar-refractivity contribution in [1.29, 1.82) is 0 Å². The fraction of sp³-hybridized carbons (Fsp3) is 0.273. The van der Waals surface area contributed by atoms with Gasteiger partial charge in [-0.2, -0.15) is 0 Å². The van der Waals surface area contributed by atoms with Gasteiger partial charge in [0.25, 0.3) is 5.91 Å². The number of hydrogen-bond acceptors (Lipinski definition) is 3. The topological polar surface area (TPSA) is 67.4 Å². The van der Waals surface area contributed by atoms with Gasteiger partial charge in [0.15, 0.2) is 0 Å². The predicted molar refractivity (Wildman–Crippen MR) is 111 cm³/mol. The fourth-order valence-corrected chi connectivity index (χ4v) is 3.53. The Morgan fingerprint density at radius 3 is 2.57 bits per heavy atom. The summed E-state index contributed by atoms with van der Waals surface area (Å²) in [5, 5.41) is 6.00. The molecular weight excluding hydrogens is 420 g/mol. The van der Waals surface area contributed by atoms with Crippen LogP contribution in [0.1, 0.15) is 46.8 Å². The Morgan fingerprint density at radius 1 is 1.04 bits per heavy atom. The number of ether oxygens (including phenoxy) is 1. The first-order valence-electron chi connectivity index (χ1n) is 9.40. The molecule has 144 valence electrons. The molecule has 2 aromatic carbocycles. The maximum Gasteiger partial charge on any atom is 0.251 e. The minimum Gasteiger partial charge on any atom is -0.493 e. The molecule has 0 radical (unpaired) electrons. The minimum absolute atomic E-state index is 0.0416. The van der Waals surface area contributed by atoms with Crippen molar-refractivity contribution in [2.75, 3.05) is 6.61 Å². The molecule has 0 spiro atoms. The van der Waals surface area contributed by atoms with Crippen LogP contribution in [0.4, 0.5) is 0 Å². The molecule has 28 heavy (non-hydrogen) atoms. The van der Waals surface area contributed by atoms with Crippen LogP contribution in [0.2, 0.25) is 0 Å². The second-order valence-electron chi connectivity index (χ2n) is 7.08. The first-order valence-corrected chi connectivity index (χ1v) is 10.2. The van der Waals surface area contributed by atoms with Crippen LogP contribution in [-0.2, 0) is 4.79 Å². The van der Waals surface area contributed by atoms with E-state index in [1.807, 2.05) is 30.3 Å². The van der Waals surface area contributed by atoms with Crippen molar-refractivity contribution in [3.05, 3.63) is 69.7 Å². The van der Waals surface area contributed by atoms with Crippen molar-refractivity contribution in [3.8, 4) is 5.75 Å². The van der Waals surface area contributed by atoms with Crippen LogP contribution in [0, 0.1) is 0 Å². The summed E-state index contributed by atoms with van der Waals surface area (Å²) in [7, 11) is 0. The summed E-state index contributed by atoms with van der Waals surface area (Å²) >= 11 is 3.47. The third-order valence-electron chi connectivity index (χ3n) is 4.84. The lowest BCUT2D eigenvalue weighted by Gasteiger charge is -2.26. The number of benzene rings is 2. The summed E-state index contributed by atoms with van der Waals surface area (Å²) < 4.78 is 6.61. The van der Waals surface area contributed by atoms with Gasteiger partial charge in [0.05, 0.1) is 12.6 Å². The van der Waals surface area contributed by atoms with E-state index < -0.39 is 0 Å². The molecule has 2 N–H and O–H groups in total. The van der Waals surface area contributed by atoms with E-state index in [0.717, 1.165) is 40.6 Å². The van der Waals surface area contributed by atoms with Crippen LogP contribution >= 0.6 is 15.9 Å². The quantitative estimate of drug-likeness (QED) is 0.690. The third-order valence-corrected chi connectivity index (χ3v) is 5.33. The first-order chi connectivity index (χ1) is 13.6. The Balaban J connectivity index is 1.37. The lowest BCUT2D eigenvalue weighted by molar-refractivity contribution is -0.117. The van der Waals surface area contributed by atoms with Crippen LogP contribution in [-0.4, -0.2) is 24.5 Å². The molecule has 2 aromatic rings. The molecular formula is C22H21BrN2O3. The second kappa shape index (κ2) is 8.19. The highest BCUT2D eigenvalue weighted by molar-refractivity contribution is 9.10. The summed E-state index contributed by atoms with van der Waals surface area (Å²) in [5.41, 5.74) is 2.49. The molecule has 5 nitrogen and oxygen atoms in total. The fourth-order valence-electron chi connectivity index (χ4n) is 3.15. The Morgan fingerprint density at radius 2 is 1.82 bits per heavy atom. The average Bonchev–Trinajstić information content (AvgIpc) is 3.51. The molecule has 0 saturated heterocycles. The SMILES string of the molecule is O=C(/C=C/c1ccc(C(=O)NC2CC2)cc1)NC1CCOc2ccc(Br)cc21. The molecule has 1 aliphatic carbocycles. The second-order valence-corrected chi connectivity index (χ2v) is 8.00. The summed E-state index contributed by atoms with van der Waals surface area (Å²) in [6.45, 7) is 0.577. The number of nitrogens with one attached hydrogen (secondary N) is 2. The van der Waals surface area contributed by atoms with Crippen molar-refractivity contribution in [2.24, 2.45) is 0 Å². The minimum atomic E-state index is -0.159. The number of rotatable bonds is 5. The third kappa shape index (κ3) is 4.62. The summed E-state index contributed by atoms with van der Waals surface area (Å²) in [6.07, 6.45) is 6.13. The molecule has 6 heteroatoms. The van der Waals surface area contributed by atoms with Gasteiger partial charge in [-0.3, -0.25) is 9.59 Å². The van der Waals surface area contributed by atoms with Crippen LogP contribution in [0.5, 0.6) is 5.75 Å². The summed E-state index contributed by atoms with van der Waals surface area (Å²) in [4.78, 5) is 24.4. The smallest absolute Gasteiger partial charge is 0.251 e. The van der Waals surface area contributed by atoms with Gasteiger partial charge in [0.2, 0.25) is 5.91 Å². The highest BCUT2D eigenvalue weighted by Crippen LogP contribution is 2.34. The monoisotopic (exact) mass is 440 g/mol. The van der Waals surface area contributed by atoms with E-state index >= 15 is 0 Å². The molecule has 1 aliphatic heterocycles. The van der Waals surface area contributed by atoms with E-state index in [-0.39, 0.29) is 17.9 Å². The van der Waals surface area contributed by atoms with Gasteiger partial charge >= 0.3 is 0 Å². The van der Waals surface area contributed by atoms with E-state index in [4.69, 9.17) is 4.74 Å². The molecule has 1 heterocycles. The number of halogens is 1. The van der Waals surface area contributed by atoms with Crippen LogP contribution in [0.25, 0.3) is 6.08 Å². The zero-order valence-electron chi connectivity index (χ0n) is 15.3. The normalized spacial score (nSPS) is 18.2. The van der Waals surface area contributed by atoms with E-state index in [9.17, 15) is 9.59 Å². The number of carbonyl (C=O) groups is 2. The van der Waals surface area contributed by atoms with Crippen LogP contribution in [0.15, 0.2) is 53.0 Å². The largest absolute Gasteiger partial charge is 0.493 e. The number of amides is 2. The van der Waals surface area contributed by atoms with Gasteiger partial charge in [0.1, 0.15) is 5.75 Å². The average molecular weight is 441 g/mol. The van der Waals surface area contributed by atoms with Crippen molar-refractivity contribution in [3.63, 3.8) is 0 Å². The van der Waals surface area contributed by atoms with Gasteiger partial charge in [0, 0.05) is 34.1 Å². The van der Waals surface area contributed by atoms with Crippen molar-refractivity contribution in [1.82, 2.24) is 10.6 Å². The number of carbonyl (C=O) groups excluding carboxylic acids is 2. The van der Waals surface area contributed by atoms with E-state index in [2.05, 4.69) is 26.6 Å². The van der Waals surface area contributed by atoms with Crippen LogP contribution < -0.4 is 15.4 Å². The molecule has 0 aromatic heterocycles. The number of fused-ring (bicyclic) bond motifs is 1. The molecule has 1 fully saturated rings. The first kappa shape index (κ1) is 18.7. The molecule has 1 saturated carbocycles. The standard InChI is InChI=1S/C22H21BrN2O3/c23-16-6-9-20-18(13-16)19(11-12-28-20)25-21(26)10-3-14-1-4-15(5-2-14)22(27)24-17-7-8-17/h1-6,9-10,13,17,19H,7-8,11-12H2,(H,24,27)(H,25,26)/b10-3+. The van der Waals surface area contributed by atoms with Gasteiger partial charge in [-0.05, 0) is 54.8 Å². The zero-order chi connectivity index (χ0) is 19.5. The highest BCUT2D eigenvalue weighted by atomic mass is 79.9. The lowest BCUT2D eigenvalue weighted by atomic mass is 10.0. The van der Waals surface area contributed by atoms with Gasteiger partial charge in [-0.15, -0.1) is 0 Å². The lowest BCUT2D eigenvalue weighted by Crippen LogP contribution is -2.31. The van der Waals surface area contributed by atoms with Crippen LogP contribution in [0.3, 0.4) is 0 Å². The molecule has 4 rings (SSSR count). The summed E-state index contributed by atoms with van der Waals surface area (Å²) in [5.74, 6) is 0.609. The zero-order valence-corrected chi connectivity index (χ0v) is 16.9. The van der Waals surface area contributed by atoms with Gasteiger partial charge in [-0.25, -0.2) is 0 Å².